The molecular formula is C15H11BrN6S. The van der Waals surface area contributed by atoms with Crippen molar-refractivity contribution < 1.29 is 0 Å². The van der Waals surface area contributed by atoms with Crippen LogP contribution in [-0.2, 0) is 0 Å². The number of nitrogens with zero attached hydrogens (tertiary/aromatic N) is 5. The smallest absolute Gasteiger partial charge is 0.258 e. The minimum absolute atomic E-state index is 0.280. The van der Waals surface area contributed by atoms with E-state index < -0.39 is 0 Å². The quantitative estimate of drug-likeness (QED) is 0.531. The molecule has 0 fully saturated rings. The first-order valence-electron chi connectivity index (χ1n) is 6.78. The van der Waals surface area contributed by atoms with E-state index in [0.29, 0.717) is 16.8 Å². The highest BCUT2D eigenvalue weighted by molar-refractivity contribution is 9.10. The SMILES string of the molecule is CSc1nc(N)n2nc(-c3ccc4cc(Br)ccc4c3)nc2n1. The Kier molecular flexibility index (Phi) is 3.42. The predicted molar refractivity (Wildman–Crippen MR) is 95.4 cm³/mol. The summed E-state index contributed by atoms with van der Waals surface area (Å²) in [6, 6.07) is 12.2. The molecule has 0 saturated carbocycles. The van der Waals surface area contributed by atoms with Crippen LogP contribution in [0.3, 0.4) is 0 Å². The molecule has 0 saturated heterocycles. The first-order chi connectivity index (χ1) is 11.1. The number of halogens is 1. The second-order valence-electron chi connectivity index (χ2n) is 4.92. The summed E-state index contributed by atoms with van der Waals surface area (Å²) in [6.07, 6.45) is 1.89. The first-order valence-corrected chi connectivity index (χ1v) is 8.80. The fraction of sp³-hybridized carbons (Fsp3) is 0.0667. The van der Waals surface area contributed by atoms with E-state index in [4.69, 9.17) is 5.73 Å². The number of aromatic nitrogens is 5. The molecular weight excluding hydrogens is 376 g/mol. The highest BCUT2D eigenvalue weighted by atomic mass is 79.9. The van der Waals surface area contributed by atoms with Gasteiger partial charge in [-0.15, -0.1) is 5.10 Å². The molecule has 2 N–H and O–H groups in total. The molecule has 8 heteroatoms. The molecule has 23 heavy (non-hydrogen) atoms. The van der Waals surface area contributed by atoms with Crippen molar-refractivity contribution in [3.05, 3.63) is 40.9 Å². The minimum Gasteiger partial charge on any atom is -0.368 e. The fourth-order valence-corrected chi connectivity index (χ4v) is 3.09. The Morgan fingerprint density at radius 3 is 2.65 bits per heavy atom. The maximum Gasteiger partial charge on any atom is 0.258 e. The van der Waals surface area contributed by atoms with Gasteiger partial charge in [0.1, 0.15) is 0 Å². The van der Waals surface area contributed by atoms with Gasteiger partial charge in [0.2, 0.25) is 5.95 Å². The van der Waals surface area contributed by atoms with Gasteiger partial charge >= 0.3 is 0 Å². The van der Waals surface area contributed by atoms with Crippen LogP contribution in [0.2, 0.25) is 0 Å². The summed E-state index contributed by atoms with van der Waals surface area (Å²) in [5, 5.41) is 7.27. The van der Waals surface area contributed by atoms with Crippen LogP contribution < -0.4 is 5.73 Å². The number of rotatable bonds is 2. The summed E-state index contributed by atoms with van der Waals surface area (Å²) in [5.41, 5.74) is 6.83. The Morgan fingerprint density at radius 2 is 1.83 bits per heavy atom. The van der Waals surface area contributed by atoms with Gasteiger partial charge in [0.05, 0.1) is 0 Å². The number of fused-ring (bicyclic) bond motifs is 2. The second-order valence-corrected chi connectivity index (χ2v) is 6.61. The van der Waals surface area contributed by atoms with E-state index in [2.05, 4.69) is 54.2 Å². The van der Waals surface area contributed by atoms with Crippen molar-refractivity contribution in [3.63, 3.8) is 0 Å². The minimum atomic E-state index is 0.280. The summed E-state index contributed by atoms with van der Waals surface area (Å²) >= 11 is 4.90. The molecule has 0 aliphatic carbocycles. The van der Waals surface area contributed by atoms with E-state index in [1.54, 1.807) is 0 Å². The van der Waals surface area contributed by atoms with Crippen LogP contribution >= 0.6 is 27.7 Å². The van der Waals surface area contributed by atoms with Crippen molar-refractivity contribution >= 4 is 50.2 Å². The van der Waals surface area contributed by atoms with Gasteiger partial charge in [0.15, 0.2) is 11.0 Å². The first kappa shape index (κ1) is 14.4. The molecule has 0 bridgehead atoms. The van der Waals surface area contributed by atoms with E-state index in [1.165, 1.54) is 16.3 Å². The summed E-state index contributed by atoms with van der Waals surface area (Å²) < 4.78 is 2.51. The van der Waals surface area contributed by atoms with Crippen molar-refractivity contribution in [2.75, 3.05) is 12.0 Å². The Hall–Kier alpha value is -2.19. The van der Waals surface area contributed by atoms with Crippen molar-refractivity contribution in [2.45, 2.75) is 5.16 Å². The normalized spacial score (nSPS) is 11.4. The van der Waals surface area contributed by atoms with Gasteiger partial charge in [-0.2, -0.15) is 19.5 Å². The Morgan fingerprint density at radius 1 is 1.04 bits per heavy atom. The largest absolute Gasteiger partial charge is 0.368 e. The zero-order valence-electron chi connectivity index (χ0n) is 12.1. The van der Waals surface area contributed by atoms with Gasteiger partial charge in [0.25, 0.3) is 5.78 Å². The molecule has 2 heterocycles. The van der Waals surface area contributed by atoms with Crippen LogP contribution in [0.5, 0.6) is 0 Å². The van der Waals surface area contributed by atoms with Crippen LogP contribution in [0.15, 0.2) is 46.0 Å². The number of nitrogens with two attached hydrogens (primary N) is 1. The van der Waals surface area contributed by atoms with Crippen molar-refractivity contribution in [3.8, 4) is 11.4 Å². The van der Waals surface area contributed by atoms with Gasteiger partial charge in [-0.05, 0) is 35.2 Å². The zero-order chi connectivity index (χ0) is 16.0. The molecule has 0 amide bonds. The summed E-state index contributed by atoms with van der Waals surface area (Å²) in [4.78, 5) is 13.0. The van der Waals surface area contributed by atoms with Crippen molar-refractivity contribution in [2.24, 2.45) is 0 Å². The van der Waals surface area contributed by atoms with Crippen LogP contribution in [0.25, 0.3) is 27.9 Å². The third-order valence-corrected chi connectivity index (χ3v) is 4.50. The molecule has 0 spiro atoms. The van der Waals surface area contributed by atoms with Crippen LogP contribution in [0.1, 0.15) is 0 Å². The lowest BCUT2D eigenvalue weighted by atomic mass is 10.1. The van der Waals surface area contributed by atoms with Crippen molar-refractivity contribution in [1.82, 2.24) is 24.6 Å². The average Bonchev–Trinajstić information content (AvgIpc) is 2.99. The molecule has 0 radical (unpaired) electrons. The summed E-state index contributed by atoms with van der Waals surface area (Å²) in [7, 11) is 0. The van der Waals surface area contributed by atoms with Gasteiger partial charge in [-0.3, -0.25) is 0 Å². The van der Waals surface area contributed by atoms with Crippen LogP contribution in [0, 0.1) is 0 Å². The second kappa shape index (κ2) is 5.47. The maximum absolute atomic E-state index is 5.92. The fourth-order valence-electron chi connectivity index (χ4n) is 2.36. The van der Waals surface area contributed by atoms with E-state index in [9.17, 15) is 0 Å². The van der Waals surface area contributed by atoms with Crippen LogP contribution in [0.4, 0.5) is 5.95 Å². The molecule has 4 aromatic rings. The zero-order valence-corrected chi connectivity index (χ0v) is 14.5. The average molecular weight is 387 g/mol. The highest BCUT2D eigenvalue weighted by Crippen LogP contribution is 2.25. The highest BCUT2D eigenvalue weighted by Gasteiger charge is 2.12. The monoisotopic (exact) mass is 386 g/mol. The van der Waals surface area contributed by atoms with Gasteiger partial charge in [-0.1, -0.05) is 45.9 Å². The standard InChI is InChI=1S/C15H11BrN6S/c1-23-15-19-13(17)22-14(20-15)18-12(21-22)10-3-2-9-7-11(16)5-4-8(9)6-10/h2-7H,1H3,(H2,17,18,19,20,21). The third kappa shape index (κ3) is 2.53. The molecule has 6 nitrogen and oxygen atoms in total. The van der Waals surface area contributed by atoms with E-state index in [-0.39, 0.29) is 5.95 Å². The summed E-state index contributed by atoms with van der Waals surface area (Å²) in [6.45, 7) is 0. The Labute approximate surface area is 144 Å². The molecule has 114 valence electrons. The number of hydrogen-bond donors (Lipinski definition) is 1. The Bertz CT molecular complexity index is 1040. The van der Waals surface area contributed by atoms with Gasteiger partial charge in [0, 0.05) is 10.0 Å². The van der Waals surface area contributed by atoms with Crippen LogP contribution in [-0.4, -0.2) is 30.8 Å². The maximum atomic E-state index is 5.92. The lowest BCUT2D eigenvalue weighted by molar-refractivity contribution is 0.851. The molecule has 0 aliphatic heterocycles. The van der Waals surface area contributed by atoms with E-state index in [0.717, 1.165) is 20.8 Å². The molecule has 2 aromatic carbocycles. The number of hydrogen-bond acceptors (Lipinski definition) is 6. The number of anilines is 1. The molecule has 2 aromatic heterocycles. The Balaban J connectivity index is 1.88. The lowest BCUT2D eigenvalue weighted by Gasteiger charge is -2.01. The topological polar surface area (TPSA) is 82.0 Å². The van der Waals surface area contributed by atoms with Crippen molar-refractivity contribution in [1.29, 1.82) is 0 Å². The number of benzene rings is 2. The predicted octanol–water partition coefficient (Wildman–Crippen LogP) is 3.41. The molecule has 4 rings (SSSR count). The number of thioether (sulfide) groups is 1. The molecule has 0 unspecified atom stereocenters. The lowest BCUT2D eigenvalue weighted by Crippen LogP contribution is -2.04. The molecule has 0 aliphatic rings. The summed E-state index contributed by atoms with van der Waals surface area (Å²) in [5.74, 6) is 1.31. The number of nitrogen functional groups attached to an aromatic ring is 1. The van der Waals surface area contributed by atoms with E-state index >= 15 is 0 Å². The van der Waals surface area contributed by atoms with E-state index in [1.807, 2.05) is 24.5 Å². The molecule has 0 atom stereocenters. The third-order valence-electron chi connectivity index (χ3n) is 3.46. The van der Waals surface area contributed by atoms with Gasteiger partial charge < -0.3 is 5.73 Å². The van der Waals surface area contributed by atoms with Gasteiger partial charge in [-0.25, -0.2) is 0 Å².